The summed E-state index contributed by atoms with van der Waals surface area (Å²) in [6.07, 6.45) is 5.47. The number of carbonyl (C=O) groups excluding carboxylic acids is 3. The molecule has 1 saturated carbocycles. The number of aliphatic carboxylic acids is 1. The van der Waals surface area contributed by atoms with Crippen LogP contribution in [0.5, 0.6) is 0 Å². The number of hydrogen-bond donors (Lipinski definition) is 3. The SMILES string of the molecule is C.CCC[C@H](NC(=O)[C@@H]1C[C@]2(CC(c3cccc(Cl)c3)=NO2)CN1C(=O)[C@@H](CC(=O)CC1CCCCC1)C(C)(C)C)C(O)C(=O)O. The minimum absolute atomic E-state index is 0. The van der Waals surface area contributed by atoms with Crippen LogP contribution in [0.25, 0.3) is 0 Å². The highest BCUT2D eigenvalue weighted by Gasteiger charge is 2.55. The minimum Gasteiger partial charge on any atom is -0.479 e. The molecule has 2 heterocycles. The molecule has 1 unspecified atom stereocenters. The minimum atomic E-state index is -1.80. The molecule has 3 N–H and O–H groups in total. The fourth-order valence-electron chi connectivity index (χ4n) is 7.01. The highest BCUT2D eigenvalue weighted by atomic mass is 35.5. The predicted octanol–water partition coefficient (Wildman–Crippen LogP) is 5.76. The molecule has 0 radical (unpaired) electrons. The van der Waals surface area contributed by atoms with Crippen LogP contribution in [0.4, 0.5) is 0 Å². The second-order valence-electron chi connectivity index (χ2n) is 14.2. The highest BCUT2D eigenvalue weighted by Crippen LogP contribution is 2.42. The Labute approximate surface area is 278 Å². The van der Waals surface area contributed by atoms with Crippen LogP contribution < -0.4 is 5.32 Å². The van der Waals surface area contributed by atoms with Gasteiger partial charge < -0.3 is 25.3 Å². The molecule has 0 aromatic heterocycles. The van der Waals surface area contributed by atoms with Crippen molar-refractivity contribution in [1.29, 1.82) is 0 Å². The monoisotopic (exact) mass is 661 g/mol. The van der Waals surface area contributed by atoms with Gasteiger partial charge in [-0.2, -0.15) is 0 Å². The van der Waals surface area contributed by atoms with E-state index in [9.17, 15) is 29.4 Å². The summed E-state index contributed by atoms with van der Waals surface area (Å²) in [6, 6.07) is 5.17. The van der Waals surface area contributed by atoms with Crippen molar-refractivity contribution in [3.8, 4) is 0 Å². The Kier molecular flexibility index (Phi) is 12.8. The normalized spacial score (nSPS) is 23.6. The number of amides is 2. The molecule has 1 aliphatic carbocycles. The van der Waals surface area contributed by atoms with Crippen molar-refractivity contribution in [3.63, 3.8) is 0 Å². The number of Topliss-reactive ketones (excluding diaryl/α,β-unsaturated/α-hetero) is 1. The molecule has 256 valence electrons. The Bertz CT molecular complexity index is 1290. The number of nitrogens with one attached hydrogen (secondary N) is 1. The summed E-state index contributed by atoms with van der Waals surface area (Å²) < 4.78 is 0. The average molecular weight is 662 g/mol. The molecule has 1 aromatic carbocycles. The lowest BCUT2D eigenvalue weighted by molar-refractivity contribution is -0.150. The van der Waals surface area contributed by atoms with Crippen molar-refractivity contribution < 1.29 is 34.2 Å². The zero-order valence-corrected chi connectivity index (χ0v) is 27.6. The number of rotatable bonds is 12. The van der Waals surface area contributed by atoms with Crippen LogP contribution in [-0.4, -0.2) is 74.7 Å². The van der Waals surface area contributed by atoms with Crippen LogP contribution in [-0.2, 0) is 24.0 Å². The van der Waals surface area contributed by atoms with Gasteiger partial charge in [0.25, 0.3) is 0 Å². The number of aliphatic hydroxyl groups excluding tert-OH is 1. The van der Waals surface area contributed by atoms with Gasteiger partial charge in [0.15, 0.2) is 11.7 Å². The van der Waals surface area contributed by atoms with E-state index in [1.807, 2.05) is 39.8 Å². The highest BCUT2D eigenvalue weighted by molar-refractivity contribution is 6.31. The summed E-state index contributed by atoms with van der Waals surface area (Å²) in [5, 5.41) is 27.4. The lowest BCUT2D eigenvalue weighted by Crippen LogP contribution is -2.54. The third-order valence-corrected chi connectivity index (χ3v) is 9.80. The summed E-state index contributed by atoms with van der Waals surface area (Å²) in [5.74, 6) is -2.60. The van der Waals surface area contributed by atoms with Crippen LogP contribution in [0.1, 0.15) is 111 Å². The van der Waals surface area contributed by atoms with Gasteiger partial charge in [-0.3, -0.25) is 14.4 Å². The van der Waals surface area contributed by atoms with Crippen LogP contribution >= 0.6 is 11.6 Å². The van der Waals surface area contributed by atoms with Crippen molar-refractivity contribution in [2.75, 3.05) is 6.54 Å². The maximum Gasteiger partial charge on any atom is 0.334 e. The smallest absolute Gasteiger partial charge is 0.334 e. The van der Waals surface area contributed by atoms with Gasteiger partial charge in [0.2, 0.25) is 11.8 Å². The van der Waals surface area contributed by atoms with Gasteiger partial charge >= 0.3 is 5.97 Å². The molecule has 2 fully saturated rings. The van der Waals surface area contributed by atoms with E-state index in [-0.39, 0.29) is 44.9 Å². The Morgan fingerprint density at radius 3 is 2.48 bits per heavy atom. The van der Waals surface area contributed by atoms with E-state index >= 15 is 0 Å². The molecule has 11 heteroatoms. The molecule has 10 nitrogen and oxygen atoms in total. The van der Waals surface area contributed by atoms with Gasteiger partial charge in [-0.1, -0.05) is 103 Å². The maximum absolute atomic E-state index is 14.5. The van der Waals surface area contributed by atoms with Gasteiger partial charge in [-0.25, -0.2) is 4.79 Å². The van der Waals surface area contributed by atoms with E-state index in [4.69, 9.17) is 16.4 Å². The van der Waals surface area contributed by atoms with Crippen molar-refractivity contribution in [2.45, 2.75) is 130 Å². The molecule has 4 rings (SSSR count). The fraction of sp³-hybridized carbons (Fsp3) is 0.686. The maximum atomic E-state index is 14.5. The number of nitrogens with zero attached hydrogens (tertiary/aromatic N) is 2. The van der Waals surface area contributed by atoms with Crippen molar-refractivity contribution in [3.05, 3.63) is 34.9 Å². The number of ketones is 1. The number of carbonyl (C=O) groups is 4. The Morgan fingerprint density at radius 2 is 1.87 bits per heavy atom. The molecule has 1 spiro atoms. The Balaban J connectivity index is 0.00000576. The first-order chi connectivity index (χ1) is 21.2. The largest absolute Gasteiger partial charge is 0.479 e. The van der Waals surface area contributed by atoms with E-state index in [0.717, 1.165) is 31.2 Å². The van der Waals surface area contributed by atoms with Crippen molar-refractivity contribution in [2.24, 2.45) is 22.4 Å². The average Bonchev–Trinajstić information content (AvgIpc) is 3.58. The Morgan fingerprint density at radius 1 is 1.17 bits per heavy atom. The number of benzene rings is 1. The van der Waals surface area contributed by atoms with E-state index in [1.54, 1.807) is 12.1 Å². The van der Waals surface area contributed by atoms with Crippen LogP contribution in [0.2, 0.25) is 5.02 Å². The molecule has 1 aromatic rings. The van der Waals surface area contributed by atoms with Crippen LogP contribution in [0.15, 0.2) is 29.4 Å². The summed E-state index contributed by atoms with van der Waals surface area (Å²) in [6.45, 7) is 7.68. The standard InChI is InChI=1S/C34H48ClN3O7.CH4/c1-5-10-26(29(40)32(43)44)36-30(41)28-19-34(18-27(37-45-34)22-13-9-14-23(35)16-22)20-38(28)31(42)25(33(2,3)4)17-24(39)15-21-11-7-6-8-12-21;/h9,13-14,16,21,25-26,28-29,40H,5-8,10-12,15,17-20H2,1-4H3,(H,36,41)(H,43,44);1H4/t25-,26+,28+,29?,34-;/m1./s1. The molecule has 0 bridgehead atoms. The molecular weight excluding hydrogens is 610 g/mol. The molecular formula is C35H52ClN3O7. The fourth-order valence-corrected chi connectivity index (χ4v) is 7.20. The number of hydrogen-bond acceptors (Lipinski definition) is 7. The zero-order valence-electron chi connectivity index (χ0n) is 26.9. The second kappa shape index (κ2) is 15.7. The summed E-state index contributed by atoms with van der Waals surface area (Å²) in [4.78, 5) is 60.8. The van der Waals surface area contributed by atoms with E-state index in [2.05, 4.69) is 10.5 Å². The van der Waals surface area contributed by atoms with Gasteiger partial charge in [0.1, 0.15) is 11.8 Å². The first-order valence-corrected chi connectivity index (χ1v) is 16.6. The first kappa shape index (κ1) is 37.5. The van der Waals surface area contributed by atoms with Gasteiger partial charge in [0.05, 0.1) is 18.3 Å². The van der Waals surface area contributed by atoms with E-state index < -0.39 is 47.0 Å². The molecule has 2 aliphatic heterocycles. The quantitative estimate of drug-likeness (QED) is 0.258. The summed E-state index contributed by atoms with van der Waals surface area (Å²) in [7, 11) is 0. The first-order valence-electron chi connectivity index (χ1n) is 16.3. The molecule has 1 saturated heterocycles. The van der Waals surface area contributed by atoms with E-state index in [1.165, 1.54) is 11.3 Å². The molecule has 46 heavy (non-hydrogen) atoms. The number of aliphatic hydroxyl groups is 1. The number of carboxylic acid groups (broad SMARTS) is 1. The third kappa shape index (κ3) is 9.09. The lowest BCUT2D eigenvalue weighted by atomic mass is 9.75. The van der Waals surface area contributed by atoms with Crippen molar-refractivity contribution in [1.82, 2.24) is 10.2 Å². The van der Waals surface area contributed by atoms with E-state index in [0.29, 0.717) is 35.9 Å². The van der Waals surface area contributed by atoms with Crippen LogP contribution in [0.3, 0.4) is 0 Å². The number of oxime groups is 1. The number of halogens is 1. The molecule has 5 atom stereocenters. The number of carboxylic acids is 1. The third-order valence-electron chi connectivity index (χ3n) is 9.56. The van der Waals surface area contributed by atoms with Gasteiger partial charge in [0, 0.05) is 42.2 Å². The molecule has 2 amide bonds. The number of likely N-dealkylation sites (tertiary alicyclic amines) is 1. The van der Waals surface area contributed by atoms with Crippen LogP contribution in [0, 0.1) is 17.3 Å². The lowest BCUT2D eigenvalue weighted by Gasteiger charge is -2.35. The second-order valence-corrected chi connectivity index (χ2v) is 14.7. The summed E-state index contributed by atoms with van der Waals surface area (Å²) >= 11 is 6.21. The van der Waals surface area contributed by atoms with Gasteiger partial charge in [-0.15, -0.1) is 0 Å². The topological polar surface area (TPSA) is 146 Å². The van der Waals surface area contributed by atoms with Gasteiger partial charge in [-0.05, 0) is 29.9 Å². The Hall–Kier alpha value is -2.98. The zero-order chi connectivity index (χ0) is 32.9. The molecule has 3 aliphatic rings. The predicted molar refractivity (Wildman–Crippen MR) is 178 cm³/mol. The van der Waals surface area contributed by atoms with Crippen molar-refractivity contribution >= 4 is 40.9 Å². The summed E-state index contributed by atoms with van der Waals surface area (Å²) in [5.41, 5.74) is -0.140.